The first-order chi connectivity index (χ1) is 11.2. The summed E-state index contributed by atoms with van der Waals surface area (Å²) >= 11 is 0. The predicted octanol–water partition coefficient (Wildman–Crippen LogP) is 2.69. The van der Waals surface area contributed by atoms with Crippen molar-refractivity contribution in [3.05, 3.63) is 40.2 Å². The fraction of sp³-hybridized carbons (Fsp3) is 0.375. The molecule has 0 saturated carbocycles. The fourth-order valence-electron chi connectivity index (χ4n) is 2.97. The minimum Gasteiger partial charge on any atom is -0.461 e. The van der Waals surface area contributed by atoms with Crippen LogP contribution in [0.25, 0.3) is 10.9 Å². The summed E-state index contributed by atoms with van der Waals surface area (Å²) in [6.07, 6.45) is -4.26. The minimum absolute atomic E-state index is 0.0597. The van der Waals surface area contributed by atoms with Gasteiger partial charge in [-0.2, -0.15) is 13.2 Å². The zero-order chi connectivity index (χ0) is 17.5. The Labute approximate surface area is 135 Å². The van der Waals surface area contributed by atoms with E-state index in [0.29, 0.717) is 31.3 Å². The normalized spacial score (nSPS) is 18.2. The summed E-state index contributed by atoms with van der Waals surface area (Å²) in [6, 6.07) is 5.08. The Morgan fingerprint density at radius 2 is 2.08 bits per heavy atom. The number of benzene rings is 1. The van der Waals surface area contributed by atoms with E-state index in [9.17, 15) is 22.8 Å². The number of carbonyl (C=O) groups excluding carboxylic acids is 1. The first-order valence-electron chi connectivity index (χ1n) is 7.40. The number of esters is 1. The number of ether oxygens (including phenoxy) is 1. The van der Waals surface area contributed by atoms with Crippen LogP contribution < -0.4 is 10.5 Å². The molecule has 2 aromatic rings. The number of nitrogens with one attached hydrogen (secondary N) is 1. The van der Waals surface area contributed by atoms with Crippen LogP contribution in [0.2, 0.25) is 0 Å². The Morgan fingerprint density at radius 3 is 2.75 bits per heavy atom. The number of aromatic amines is 1. The van der Waals surface area contributed by atoms with Gasteiger partial charge in [0.2, 0.25) is 5.56 Å². The second-order valence-corrected chi connectivity index (χ2v) is 5.74. The van der Waals surface area contributed by atoms with Gasteiger partial charge in [0, 0.05) is 42.5 Å². The molecule has 0 spiro atoms. The van der Waals surface area contributed by atoms with Crippen molar-refractivity contribution in [1.82, 2.24) is 4.98 Å². The molecule has 1 N–H and O–H groups in total. The van der Waals surface area contributed by atoms with Crippen molar-refractivity contribution in [3.8, 4) is 0 Å². The van der Waals surface area contributed by atoms with E-state index in [1.54, 1.807) is 6.07 Å². The first-order valence-corrected chi connectivity index (χ1v) is 7.40. The largest absolute Gasteiger partial charge is 0.461 e. The Kier molecular flexibility index (Phi) is 3.98. The fourth-order valence-corrected chi connectivity index (χ4v) is 2.97. The molecule has 24 heavy (non-hydrogen) atoms. The molecule has 0 bridgehead atoms. The van der Waals surface area contributed by atoms with E-state index >= 15 is 0 Å². The molecular formula is C16H15F3N2O3. The molecule has 1 fully saturated rings. The second-order valence-electron chi connectivity index (χ2n) is 5.74. The minimum atomic E-state index is -4.61. The van der Waals surface area contributed by atoms with E-state index in [1.165, 1.54) is 19.1 Å². The third-order valence-corrected chi connectivity index (χ3v) is 3.97. The molecule has 2 heterocycles. The predicted molar refractivity (Wildman–Crippen MR) is 82.0 cm³/mol. The summed E-state index contributed by atoms with van der Waals surface area (Å²) in [5.74, 6) is -0.378. The molecule has 1 aliphatic rings. The van der Waals surface area contributed by atoms with Crippen molar-refractivity contribution in [2.75, 3.05) is 18.0 Å². The van der Waals surface area contributed by atoms with Crippen molar-refractivity contribution >= 4 is 22.6 Å². The number of rotatable bonds is 2. The Hall–Kier alpha value is -2.51. The van der Waals surface area contributed by atoms with E-state index in [0.717, 1.165) is 0 Å². The van der Waals surface area contributed by atoms with Gasteiger partial charge in [-0.1, -0.05) is 0 Å². The number of carbonyl (C=O) groups is 1. The third kappa shape index (κ3) is 3.22. The molecule has 1 aromatic heterocycles. The van der Waals surface area contributed by atoms with Gasteiger partial charge in [-0.3, -0.25) is 9.59 Å². The quantitative estimate of drug-likeness (QED) is 0.854. The van der Waals surface area contributed by atoms with Crippen molar-refractivity contribution in [1.29, 1.82) is 0 Å². The van der Waals surface area contributed by atoms with Crippen LogP contribution in [0.15, 0.2) is 29.1 Å². The molecule has 8 heteroatoms. The lowest BCUT2D eigenvalue weighted by molar-refractivity contribution is -0.145. The number of hydrogen-bond acceptors (Lipinski definition) is 4. The molecule has 0 aliphatic carbocycles. The van der Waals surface area contributed by atoms with E-state index in [4.69, 9.17) is 4.74 Å². The topological polar surface area (TPSA) is 62.4 Å². The Bertz CT molecular complexity index is 845. The van der Waals surface area contributed by atoms with E-state index in [1.807, 2.05) is 4.90 Å². The van der Waals surface area contributed by atoms with Crippen molar-refractivity contribution in [2.45, 2.75) is 25.6 Å². The number of pyridine rings is 1. The van der Waals surface area contributed by atoms with Crippen LogP contribution in [0.3, 0.4) is 0 Å². The van der Waals surface area contributed by atoms with Crippen molar-refractivity contribution in [3.63, 3.8) is 0 Å². The van der Waals surface area contributed by atoms with Crippen LogP contribution in [0.1, 0.15) is 18.9 Å². The molecule has 1 unspecified atom stereocenters. The molecule has 1 aromatic carbocycles. The van der Waals surface area contributed by atoms with Crippen LogP contribution in [0.4, 0.5) is 18.9 Å². The number of fused-ring (bicyclic) bond motifs is 1. The molecule has 1 atom stereocenters. The first kappa shape index (κ1) is 16.4. The van der Waals surface area contributed by atoms with E-state index < -0.39 is 17.3 Å². The molecule has 3 rings (SSSR count). The van der Waals surface area contributed by atoms with Crippen LogP contribution in [-0.2, 0) is 15.7 Å². The lowest BCUT2D eigenvalue weighted by Crippen LogP contribution is -2.24. The number of anilines is 1. The smallest absolute Gasteiger partial charge is 0.417 e. The van der Waals surface area contributed by atoms with E-state index in [2.05, 4.69) is 4.98 Å². The van der Waals surface area contributed by atoms with Gasteiger partial charge in [0.25, 0.3) is 0 Å². The maximum atomic E-state index is 13.2. The Morgan fingerprint density at radius 1 is 1.33 bits per heavy atom. The molecule has 0 radical (unpaired) electrons. The monoisotopic (exact) mass is 340 g/mol. The van der Waals surface area contributed by atoms with Crippen molar-refractivity contribution < 1.29 is 22.7 Å². The summed E-state index contributed by atoms with van der Waals surface area (Å²) in [5, 5.41) is -0.0597. The molecule has 128 valence electrons. The number of alkyl halides is 3. The molecule has 1 aliphatic heterocycles. The average molecular weight is 340 g/mol. The van der Waals surface area contributed by atoms with Gasteiger partial charge in [0.05, 0.1) is 12.1 Å². The zero-order valence-electron chi connectivity index (χ0n) is 12.8. The maximum absolute atomic E-state index is 13.2. The number of nitrogens with zero attached hydrogens (tertiary/aromatic N) is 1. The molecule has 5 nitrogen and oxygen atoms in total. The summed E-state index contributed by atoms with van der Waals surface area (Å²) < 4.78 is 44.7. The van der Waals surface area contributed by atoms with Gasteiger partial charge < -0.3 is 14.6 Å². The van der Waals surface area contributed by atoms with Gasteiger partial charge >= 0.3 is 12.1 Å². The number of aromatic nitrogens is 1. The summed E-state index contributed by atoms with van der Waals surface area (Å²) in [6.45, 7) is 2.33. The van der Waals surface area contributed by atoms with Crippen LogP contribution >= 0.6 is 0 Å². The highest BCUT2D eigenvalue weighted by Crippen LogP contribution is 2.35. The standard InChI is InChI=1S/C16H15F3N2O3/c1-9(22)24-11-4-5-21(8-11)10-2-3-14-12(6-10)13(16(17,18)19)7-15(23)20-14/h2-3,6-7,11H,4-5,8H2,1H3,(H,20,23). The summed E-state index contributed by atoms with van der Waals surface area (Å²) in [4.78, 5) is 26.7. The average Bonchev–Trinajstić information content (AvgIpc) is 2.92. The van der Waals surface area contributed by atoms with Gasteiger partial charge in [-0.05, 0) is 18.2 Å². The zero-order valence-corrected chi connectivity index (χ0v) is 12.8. The highest BCUT2D eigenvalue weighted by molar-refractivity contribution is 5.86. The third-order valence-electron chi connectivity index (χ3n) is 3.97. The summed E-state index contributed by atoms with van der Waals surface area (Å²) in [7, 11) is 0. The Balaban J connectivity index is 1.98. The number of H-pyrrole nitrogens is 1. The second kappa shape index (κ2) is 5.85. The molecule has 1 saturated heterocycles. The van der Waals surface area contributed by atoms with Gasteiger partial charge in [-0.25, -0.2) is 0 Å². The lowest BCUT2D eigenvalue weighted by Gasteiger charge is -2.20. The van der Waals surface area contributed by atoms with Gasteiger partial charge in [-0.15, -0.1) is 0 Å². The maximum Gasteiger partial charge on any atom is 0.417 e. The summed E-state index contributed by atoms with van der Waals surface area (Å²) in [5.41, 5.74) is -1.03. The number of hydrogen-bond donors (Lipinski definition) is 1. The highest BCUT2D eigenvalue weighted by Gasteiger charge is 2.34. The molecule has 0 amide bonds. The molecular weight excluding hydrogens is 325 g/mol. The highest BCUT2D eigenvalue weighted by atomic mass is 19.4. The van der Waals surface area contributed by atoms with Crippen LogP contribution in [0.5, 0.6) is 0 Å². The lowest BCUT2D eigenvalue weighted by atomic mass is 10.1. The van der Waals surface area contributed by atoms with Crippen LogP contribution in [0, 0.1) is 0 Å². The SMILES string of the molecule is CC(=O)OC1CCN(c2ccc3[nH]c(=O)cc(C(F)(F)F)c3c2)C1. The van der Waals surface area contributed by atoms with E-state index in [-0.39, 0.29) is 23.0 Å². The van der Waals surface area contributed by atoms with Crippen molar-refractivity contribution in [2.24, 2.45) is 0 Å². The van der Waals surface area contributed by atoms with Gasteiger partial charge in [0.15, 0.2) is 0 Å². The van der Waals surface area contributed by atoms with Gasteiger partial charge in [0.1, 0.15) is 6.10 Å². The number of halogens is 3. The van der Waals surface area contributed by atoms with Crippen LogP contribution in [-0.4, -0.2) is 30.1 Å².